The van der Waals surface area contributed by atoms with Crippen LogP contribution in [-0.2, 0) is 16.1 Å². The van der Waals surface area contributed by atoms with E-state index in [9.17, 15) is 18.4 Å². The summed E-state index contributed by atoms with van der Waals surface area (Å²) < 4.78 is 32.4. The lowest BCUT2D eigenvalue weighted by molar-refractivity contribution is -0.148. The molecule has 0 spiro atoms. The Bertz CT molecular complexity index is 886. The molecule has 0 radical (unpaired) electrons. The second kappa shape index (κ2) is 7.92. The maximum Gasteiger partial charge on any atom is 0.282 e. The molecule has 1 aromatic carbocycles. The predicted octanol–water partition coefficient (Wildman–Crippen LogP) is 2.96. The van der Waals surface area contributed by atoms with Gasteiger partial charge in [0.05, 0.1) is 0 Å². The number of hydrogen-bond acceptors (Lipinski definition) is 4. The number of aromatic nitrogens is 1. The molecule has 6 nitrogen and oxygen atoms in total. The van der Waals surface area contributed by atoms with Crippen LogP contribution < -0.4 is 15.0 Å². The van der Waals surface area contributed by atoms with Crippen LogP contribution in [0.15, 0.2) is 36.5 Å². The van der Waals surface area contributed by atoms with Gasteiger partial charge in [-0.25, -0.2) is 13.8 Å². The molecule has 1 aromatic heterocycles. The van der Waals surface area contributed by atoms with Gasteiger partial charge in [0, 0.05) is 25.4 Å². The van der Waals surface area contributed by atoms with Crippen molar-refractivity contribution in [1.82, 2.24) is 10.3 Å². The summed E-state index contributed by atoms with van der Waals surface area (Å²) in [6, 6.07) is 6.27. The zero-order chi connectivity index (χ0) is 20.3. The molecule has 0 saturated carbocycles. The smallest absolute Gasteiger partial charge is 0.282 e. The van der Waals surface area contributed by atoms with Gasteiger partial charge in [0.25, 0.3) is 17.4 Å². The Morgan fingerprint density at radius 2 is 2.00 bits per heavy atom. The van der Waals surface area contributed by atoms with E-state index >= 15 is 0 Å². The summed E-state index contributed by atoms with van der Waals surface area (Å²) in [6.07, 6.45) is 3.15. The summed E-state index contributed by atoms with van der Waals surface area (Å²) in [6.45, 7) is 3.63. The highest BCUT2D eigenvalue weighted by atomic mass is 19.1. The minimum atomic E-state index is -1.81. The van der Waals surface area contributed by atoms with Crippen molar-refractivity contribution >= 4 is 17.6 Å². The molecule has 0 unspecified atom stereocenters. The third-order valence-electron chi connectivity index (χ3n) is 4.52. The van der Waals surface area contributed by atoms with Crippen LogP contribution in [0.4, 0.5) is 14.6 Å². The fourth-order valence-electron chi connectivity index (χ4n) is 3.01. The number of anilines is 1. The molecule has 148 valence electrons. The molecule has 2 amide bonds. The van der Waals surface area contributed by atoms with E-state index in [1.54, 1.807) is 18.3 Å². The highest BCUT2D eigenvalue weighted by Gasteiger charge is 2.50. The molecule has 1 aliphatic rings. The van der Waals surface area contributed by atoms with Crippen LogP contribution in [0.5, 0.6) is 5.75 Å². The number of carbonyl (C=O) groups is 2. The molecule has 0 saturated heterocycles. The SMILES string of the molecule is CCCCN1C(=O)[C@](C)(C(=O)NCc2cc(F)cc(F)c2)Oc2cccnc21. The Balaban J connectivity index is 1.83. The number of ether oxygens (including phenoxy) is 1. The number of fused-ring (bicyclic) bond motifs is 1. The van der Waals surface area contributed by atoms with Gasteiger partial charge in [0.2, 0.25) is 0 Å². The predicted molar refractivity (Wildman–Crippen MR) is 98.7 cm³/mol. The Kier molecular flexibility index (Phi) is 5.58. The Labute approximate surface area is 161 Å². The van der Waals surface area contributed by atoms with Crippen LogP contribution in [0, 0.1) is 11.6 Å². The average molecular weight is 389 g/mol. The van der Waals surface area contributed by atoms with Crippen molar-refractivity contribution in [2.45, 2.75) is 38.8 Å². The number of pyridine rings is 1. The third kappa shape index (κ3) is 3.81. The van der Waals surface area contributed by atoms with Gasteiger partial charge in [-0.1, -0.05) is 13.3 Å². The lowest BCUT2D eigenvalue weighted by Crippen LogP contribution is -2.62. The normalized spacial score (nSPS) is 18.4. The fraction of sp³-hybridized carbons (Fsp3) is 0.350. The van der Waals surface area contributed by atoms with Crippen LogP contribution in [0.2, 0.25) is 0 Å². The van der Waals surface area contributed by atoms with Crippen molar-refractivity contribution in [1.29, 1.82) is 0 Å². The highest BCUT2D eigenvalue weighted by molar-refractivity contribution is 6.16. The van der Waals surface area contributed by atoms with E-state index in [1.165, 1.54) is 11.8 Å². The van der Waals surface area contributed by atoms with Crippen LogP contribution >= 0.6 is 0 Å². The van der Waals surface area contributed by atoms with Gasteiger partial charge in [-0.05, 0) is 43.2 Å². The Morgan fingerprint density at radius 1 is 1.29 bits per heavy atom. The van der Waals surface area contributed by atoms with Crippen LogP contribution in [0.3, 0.4) is 0 Å². The summed E-state index contributed by atoms with van der Waals surface area (Å²) in [5.74, 6) is -2.02. The number of amides is 2. The van der Waals surface area contributed by atoms with E-state index < -0.39 is 29.0 Å². The van der Waals surface area contributed by atoms with Gasteiger partial charge >= 0.3 is 0 Å². The molecule has 0 bridgehead atoms. The molecule has 3 rings (SSSR count). The molecule has 28 heavy (non-hydrogen) atoms. The van der Waals surface area contributed by atoms with Crippen molar-refractivity contribution in [2.24, 2.45) is 0 Å². The minimum Gasteiger partial charge on any atom is -0.464 e. The van der Waals surface area contributed by atoms with E-state index in [0.717, 1.165) is 31.0 Å². The van der Waals surface area contributed by atoms with Gasteiger partial charge in [-0.15, -0.1) is 0 Å². The molecular weight excluding hydrogens is 368 g/mol. The first-order valence-corrected chi connectivity index (χ1v) is 9.04. The van der Waals surface area contributed by atoms with Crippen molar-refractivity contribution in [2.75, 3.05) is 11.4 Å². The first-order valence-electron chi connectivity index (χ1n) is 9.04. The maximum atomic E-state index is 13.3. The van der Waals surface area contributed by atoms with Crippen LogP contribution in [0.1, 0.15) is 32.3 Å². The summed E-state index contributed by atoms with van der Waals surface area (Å²) in [4.78, 5) is 31.5. The van der Waals surface area contributed by atoms with Crippen LogP contribution in [0.25, 0.3) is 0 Å². The van der Waals surface area contributed by atoms with Gasteiger partial charge in [0.1, 0.15) is 11.6 Å². The van der Waals surface area contributed by atoms with Crippen molar-refractivity contribution in [3.63, 3.8) is 0 Å². The summed E-state index contributed by atoms with van der Waals surface area (Å²) >= 11 is 0. The van der Waals surface area contributed by atoms with E-state index in [0.29, 0.717) is 18.1 Å². The van der Waals surface area contributed by atoms with Gasteiger partial charge < -0.3 is 10.1 Å². The lowest BCUT2D eigenvalue weighted by atomic mass is 10.0. The van der Waals surface area contributed by atoms with Crippen molar-refractivity contribution in [3.8, 4) is 5.75 Å². The standard InChI is InChI=1S/C20H21F2N3O3/c1-3-4-8-25-17-16(6-5-7-23-17)28-20(2,19(25)27)18(26)24-12-13-9-14(21)11-15(22)10-13/h5-7,9-11H,3-4,8,12H2,1-2H3,(H,24,26)/t20-/m0/s1. The molecule has 8 heteroatoms. The van der Waals surface area contributed by atoms with Crippen LogP contribution in [-0.4, -0.2) is 28.9 Å². The topological polar surface area (TPSA) is 71.5 Å². The van der Waals surface area contributed by atoms with E-state index in [-0.39, 0.29) is 12.1 Å². The maximum absolute atomic E-state index is 13.3. The molecule has 0 aliphatic carbocycles. The number of benzene rings is 1. The zero-order valence-electron chi connectivity index (χ0n) is 15.7. The molecule has 0 fully saturated rings. The van der Waals surface area contributed by atoms with E-state index in [2.05, 4.69) is 10.3 Å². The van der Waals surface area contributed by atoms with Crippen molar-refractivity contribution in [3.05, 3.63) is 53.7 Å². The summed E-state index contributed by atoms with van der Waals surface area (Å²) in [5, 5.41) is 2.54. The fourth-order valence-corrected chi connectivity index (χ4v) is 3.01. The third-order valence-corrected chi connectivity index (χ3v) is 4.52. The monoisotopic (exact) mass is 389 g/mol. The van der Waals surface area contributed by atoms with E-state index in [4.69, 9.17) is 4.74 Å². The van der Waals surface area contributed by atoms with E-state index in [1.807, 2.05) is 6.92 Å². The quantitative estimate of drug-likeness (QED) is 0.771. The number of carbonyl (C=O) groups excluding carboxylic acids is 2. The molecule has 1 aliphatic heterocycles. The molecule has 1 atom stereocenters. The molecular formula is C20H21F2N3O3. The average Bonchev–Trinajstić information content (AvgIpc) is 2.66. The molecule has 1 N–H and O–H groups in total. The number of hydrogen-bond donors (Lipinski definition) is 1. The molecule has 2 aromatic rings. The van der Waals surface area contributed by atoms with Gasteiger partial charge in [-0.2, -0.15) is 0 Å². The summed E-state index contributed by atoms with van der Waals surface area (Å²) in [5.41, 5.74) is -1.57. The van der Waals surface area contributed by atoms with Gasteiger partial charge in [-0.3, -0.25) is 14.5 Å². The highest BCUT2D eigenvalue weighted by Crippen LogP contribution is 2.36. The minimum absolute atomic E-state index is 0.144. The number of rotatable bonds is 6. The second-order valence-electron chi connectivity index (χ2n) is 6.73. The Hall–Kier alpha value is -3.03. The largest absolute Gasteiger partial charge is 0.464 e. The number of unbranched alkanes of at least 4 members (excludes halogenated alkanes) is 1. The first kappa shape index (κ1) is 19.7. The first-order chi connectivity index (χ1) is 13.3. The Morgan fingerprint density at radius 3 is 2.68 bits per heavy atom. The number of halogens is 2. The lowest BCUT2D eigenvalue weighted by Gasteiger charge is -2.38. The van der Waals surface area contributed by atoms with Gasteiger partial charge in [0.15, 0.2) is 11.6 Å². The second-order valence-corrected chi connectivity index (χ2v) is 6.73. The summed E-state index contributed by atoms with van der Waals surface area (Å²) in [7, 11) is 0. The molecule has 2 heterocycles. The number of nitrogens with zero attached hydrogens (tertiary/aromatic N) is 2. The number of nitrogens with one attached hydrogen (secondary N) is 1. The zero-order valence-corrected chi connectivity index (χ0v) is 15.7. The van der Waals surface area contributed by atoms with Crippen molar-refractivity contribution < 1.29 is 23.1 Å².